The summed E-state index contributed by atoms with van der Waals surface area (Å²) in [7, 11) is 0. The summed E-state index contributed by atoms with van der Waals surface area (Å²) < 4.78 is 5.40. The quantitative estimate of drug-likeness (QED) is 0.535. The van der Waals surface area contributed by atoms with Crippen LogP contribution in [0.25, 0.3) is 0 Å². The number of aromatic nitrogens is 3. The molecule has 0 spiro atoms. The minimum Gasteiger partial charge on any atom is -0.378 e. The molecule has 0 unspecified atom stereocenters. The van der Waals surface area contributed by atoms with E-state index in [1.165, 1.54) is 6.20 Å². The molecule has 0 aliphatic carbocycles. The minimum absolute atomic E-state index is 0.308. The van der Waals surface area contributed by atoms with Gasteiger partial charge in [0.05, 0.1) is 42.0 Å². The van der Waals surface area contributed by atoms with E-state index in [-0.39, 0.29) is 0 Å². The van der Waals surface area contributed by atoms with E-state index in [0.717, 1.165) is 30.3 Å². The first-order chi connectivity index (χ1) is 15.0. The maximum Gasteiger partial charge on any atom is 0.250 e. The fourth-order valence-corrected chi connectivity index (χ4v) is 3.36. The summed E-state index contributed by atoms with van der Waals surface area (Å²) in [4.78, 5) is 27.2. The van der Waals surface area contributed by atoms with Crippen molar-refractivity contribution in [3.05, 3.63) is 58.9 Å². The monoisotopic (exact) mass is 439 g/mol. The molecule has 0 radical (unpaired) electrons. The third kappa shape index (κ3) is 4.84. The number of aryl methyl sites for hydroxylation is 1. The van der Waals surface area contributed by atoms with Crippen LogP contribution in [-0.2, 0) is 4.74 Å². The number of primary amides is 1. The molecule has 3 aromatic rings. The van der Waals surface area contributed by atoms with Crippen LogP contribution in [-0.4, -0.2) is 47.2 Å². The average Bonchev–Trinajstić information content (AvgIpc) is 2.78. The number of benzene rings is 1. The van der Waals surface area contributed by atoms with Crippen LogP contribution in [0.5, 0.6) is 0 Å². The Labute approximate surface area is 184 Å². The van der Waals surface area contributed by atoms with Crippen LogP contribution in [0.15, 0.2) is 42.6 Å². The van der Waals surface area contributed by atoms with Crippen molar-refractivity contribution in [1.29, 1.82) is 0 Å². The second-order valence-corrected chi connectivity index (χ2v) is 7.36. The number of carbonyl (C=O) groups excluding carboxylic acids is 1. The molecule has 31 heavy (non-hydrogen) atoms. The first kappa shape index (κ1) is 20.8. The molecule has 10 heteroatoms. The number of hydrogen-bond acceptors (Lipinski definition) is 8. The lowest BCUT2D eigenvalue weighted by Crippen LogP contribution is -2.36. The number of pyridine rings is 1. The number of anilines is 5. The second-order valence-electron chi connectivity index (χ2n) is 6.95. The molecule has 1 saturated heterocycles. The van der Waals surface area contributed by atoms with Crippen LogP contribution < -0.4 is 21.3 Å². The molecule has 0 atom stereocenters. The van der Waals surface area contributed by atoms with Gasteiger partial charge in [-0.3, -0.25) is 4.79 Å². The van der Waals surface area contributed by atoms with Crippen molar-refractivity contribution in [1.82, 2.24) is 15.0 Å². The lowest BCUT2D eigenvalue weighted by atomic mass is 10.1. The van der Waals surface area contributed by atoms with Crippen molar-refractivity contribution in [2.45, 2.75) is 6.92 Å². The van der Waals surface area contributed by atoms with Crippen molar-refractivity contribution in [2.75, 3.05) is 41.8 Å². The van der Waals surface area contributed by atoms with Crippen molar-refractivity contribution < 1.29 is 9.53 Å². The summed E-state index contributed by atoms with van der Waals surface area (Å²) >= 11 is 6.26. The van der Waals surface area contributed by atoms with Gasteiger partial charge in [0, 0.05) is 13.1 Å². The van der Waals surface area contributed by atoms with Crippen molar-refractivity contribution >= 4 is 46.5 Å². The molecule has 4 rings (SSSR count). The fraction of sp³-hybridized carbons (Fsp3) is 0.238. The molecular weight excluding hydrogens is 418 g/mol. The van der Waals surface area contributed by atoms with Gasteiger partial charge in [-0.2, -0.15) is 4.98 Å². The van der Waals surface area contributed by atoms with Crippen molar-refractivity contribution in [2.24, 2.45) is 5.73 Å². The van der Waals surface area contributed by atoms with Gasteiger partial charge in [-0.15, -0.1) is 0 Å². The molecule has 1 aliphatic rings. The number of hydrogen-bond donors (Lipinski definition) is 3. The first-order valence-corrected chi connectivity index (χ1v) is 10.1. The third-order valence-corrected chi connectivity index (χ3v) is 5.12. The van der Waals surface area contributed by atoms with Gasteiger partial charge in [-0.05, 0) is 31.2 Å². The molecule has 4 N–H and O–H groups in total. The molecule has 1 aromatic carbocycles. The van der Waals surface area contributed by atoms with E-state index in [9.17, 15) is 4.79 Å². The summed E-state index contributed by atoms with van der Waals surface area (Å²) in [5.74, 6) is 1.05. The topological polar surface area (TPSA) is 118 Å². The van der Waals surface area contributed by atoms with E-state index >= 15 is 0 Å². The predicted molar refractivity (Wildman–Crippen MR) is 121 cm³/mol. The summed E-state index contributed by atoms with van der Waals surface area (Å²) in [6.07, 6.45) is 1.48. The molecule has 1 fully saturated rings. The van der Waals surface area contributed by atoms with Gasteiger partial charge in [0.15, 0.2) is 5.82 Å². The maximum absolute atomic E-state index is 11.7. The van der Waals surface area contributed by atoms with E-state index < -0.39 is 5.91 Å². The summed E-state index contributed by atoms with van der Waals surface area (Å²) in [6, 6.07) is 10.8. The van der Waals surface area contributed by atoms with Crippen LogP contribution in [0.2, 0.25) is 5.02 Å². The molecule has 1 amide bonds. The largest absolute Gasteiger partial charge is 0.378 e. The Kier molecular flexibility index (Phi) is 6.15. The molecule has 160 valence electrons. The molecule has 3 heterocycles. The Hall–Kier alpha value is -3.43. The van der Waals surface area contributed by atoms with E-state index in [0.29, 0.717) is 41.3 Å². The average molecular weight is 440 g/mol. The summed E-state index contributed by atoms with van der Waals surface area (Å²) in [5.41, 5.74) is 7.89. The Morgan fingerprint density at radius 1 is 1.10 bits per heavy atom. The number of ether oxygens (including phenoxy) is 1. The standard InChI is InChI=1S/C21H22ClN7O2/c1-13-16(6-7-18(25-13)29-8-10-31-11-9-29)27-21-24-12-15(22)20(28-21)26-17-5-3-2-4-14(17)19(23)30/h2-7,12H,8-11H2,1H3,(H2,23,30)(H2,24,26,27,28). The number of nitrogens with zero attached hydrogens (tertiary/aromatic N) is 4. The highest BCUT2D eigenvalue weighted by Crippen LogP contribution is 2.27. The van der Waals surface area contributed by atoms with E-state index in [1.807, 2.05) is 19.1 Å². The van der Waals surface area contributed by atoms with Gasteiger partial charge < -0.3 is 26.0 Å². The number of rotatable bonds is 6. The van der Waals surface area contributed by atoms with Gasteiger partial charge in [-0.25, -0.2) is 9.97 Å². The Balaban J connectivity index is 1.54. The highest BCUT2D eigenvalue weighted by atomic mass is 35.5. The van der Waals surface area contributed by atoms with Crippen LogP contribution in [0.1, 0.15) is 16.1 Å². The van der Waals surface area contributed by atoms with E-state index in [1.54, 1.807) is 24.3 Å². The molecule has 2 aromatic heterocycles. The Morgan fingerprint density at radius 3 is 2.61 bits per heavy atom. The zero-order valence-electron chi connectivity index (χ0n) is 16.9. The zero-order chi connectivity index (χ0) is 21.8. The van der Waals surface area contributed by atoms with Gasteiger partial charge in [0.1, 0.15) is 10.8 Å². The van der Waals surface area contributed by atoms with Crippen LogP contribution in [0.4, 0.5) is 29.0 Å². The second kappa shape index (κ2) is 9.15. The smallest absolute Gasteiger partial charge is 0.250 e. The normalized spacial score (nSPS) is 13.7. The Bertz CT molecular complexity index is 1100. The first-order valence-electron chi connectivity index (χ1n) is 9.77. The third-order valence-electron chi connectivity index (χ3n) is 4.84. The van der Waals surface area contributed by atoms with Crippen molar-refractivity contribution in [3.63, 3.8) is 0 Å². The zero-order valence-corrected chi connectivity index (χ0v) is 17.7. The van der Waals surface area contributed by atoms with Crippen molar-refractivity contribution in [3.8, 4) is 0 Å². The van der Waals surface area contributed by atoms with Gasteiger partial charge >= 0.3 is 0 Å². The Morgan fingerprint density at radius 2 is 1.87 bits per heavy atom. The van der Waals surface area contributed by atoms with Gasteiger partial charge in [0.2, 0.25) is 5.95 Å². The molecule has 0 bridgehead atoms. The lowest BCUT2D eigenvalue weighted by Gasteiger charge is -2.28. The predicted octanol–water partition coefficient (Wildman–Crippen LogP) is 3.26. The van der Waals surface area contributed by atoms with E-state index in [2.05, 4.69) is 25.5 Å². The maximum atomic E-state index is 11.7. The number of nitrogens with two attached hydrogens (primary N) is 1. The summed E-state index contributed by atoms with van der Waals surface area (Å²) in [6.45, 7) is 4.97. The highest BCUT2D eigenvalue weighted by molar-refractivity contribution is 6.33. The molecule has 1 aliphatic heterocycles. The molecular formula is C21H22ClN7O2. The van der Waals surface area contributed by atoms with Gasteiger partial charge in [0.25, 0.3) is 5.91 Å². The van der Waals surface area contributed by atoms with Crippen LogP contribution in [0.3, 0.4) is 0 Å². The SMILES string of the molecule is Cc1nc(N2CCOCC2)ccc1Nc1ncc(Cl)c(Nc2ccccc2C(N)=O)n1. The highest BCUT2D eigenvalue weighted by Gasteiger charge is 2.15. The van der Waals surface area contributed by atoms with E-state index in [4.69, 9.17) is 27.1 Å². The number of morpholine rings is 1. The minimum atomic E-state index is -0.548. The number of para-hydroxylation sites is 1. The fourth-order valence-electron chi connectivity index (χ4n) is 3.22. The molecule has 0 saturated carbocycles. The number of halogens is 1. The van der Waals surface area contributed by atoms with Gasteiger partial charge in [-0.1, -0.05) is 23.7 Å². The lowest BCUT2D eigenvalue weighted by molar-refractivity contribution is 0.100. The molecule has 9 nitrogen and oxygen atoms in total. The number of nitrogens with one attached hydrogen (secondary N) is 2. The van der Waals surface area contributed by atoms with Crippen LogP contribution in [0, 0.1) is 6.92 Å². The number of carbonyl (C=O) groups is 1. The number of amides is 1. The van der Waals surface area contributed by atoms with Crippen LogP contribution >= 0.6 is 11.6 Å². The summed E-state index contributed by atoms with van der Waals surface area (Å²) in [5, 5.41) is 6.54.